The molecule has 0 radical (unpaired) electrons. The summed E-state index contributed by atoms with van der Waals surface area (Å²) < 4.78 is 25.1. The first-order valence-corrected chi connectivity index (χ1v) is 9.26. The van der Waals surface area contributed by atoms with Crippen LogP contribution >= 0.6 is 0 Å². The molecular weight excluding hydrogens is 356 g/mol. The van der Waals surface area contributed by atoms with Crippen LogP contribution in [0.1, 0.15) is 15.9 Å². The van der Waals surface area contributed by atoms with Crippen LogP contribution in [-0.4, -0.2) is 49.8 Å². The highest BCUT2D eigenvalue weighted by Gasteiger charge is 2.22. The van der Waals surface area contributed by atoms with Crippen LogP contribution in [0.3, 0.4) is 0 Å². The summed E-state index contributed by atoms with van der Waals surface area (Å²) in [6, 6.07) is 13.2. The monoisotopic (exact) mass is 376 g/mol. The van der Waals surface area contributed by atoms with Crippen molar-refractivity contribution >= 4 is 21.9 Å². The fourth-order valence-corrected chi connectivity index (χ4v) is 3.18. The minimum absolute atomic E-state index is 0.0538. The Hall–Kier alpha value is -2.71. The van der Waals surface area contributed by atoms with E-state index in [1.165, 1.54) is 38.4 Å². The van der Waals surface area contributed by atoms with E-state index in [9.17, 15) is 23.1 Å². The van der Waals surface area contributed by atoms with Gasteiger partial charge in [0.25, 0.3) is 5.91 Å². The molecule has 0 aliphatic heterocycles. The van der Waals surface area contributed by atoms with Gasteiger partial charge in [-0.1, -0.05) is 30.3 Å². The lowest BCUT2D eigenvalue weighted by Crippen LogP contribution is -2.42. The average Bonchev–Trinajstić information content (AvgIpc) is 2.61. The molecule has 8 heteroatoms. The molecule has 2 rings (SSSR count). The first kappa shape index (κ1) is 19.6. The number of hydrogen-bond acceptors (Lipinski definition) is 4. The second kappa shape index (κ2) is 8.11. The van der Waals surface area contributed by atoms with Crippen LogP contribution in [0, 0.1) is 0 Å². The minimum atomic E-state index is -3.59. The Balaban J connectivity index is 2.13. The molecule has 1 amide bonds. The molecule has 7 nitrogen and oxygen atoms in total. The maximum Gasteiger partial charge on any atom is 0.326 e. The molecule has 26 heavy (non-hydrogen) atoms. The SMILES string of the molecule is CN(C)S(=O)(=O)c1ccc(C(=O)NC(Cc2ccccc2)C(=O)O)cc1. The lowest BCUT2D eigenvalue weighted by atomic mass is 10.1. The second-order valence-electron chi connectivity index (χ2n) is 5.87. The van der Waals surface area contributed by atoms with Crippen LogP contribution in [-0.2, 0) is 21.2 Å². The fourth-order valence-electron chi connectivity index (χ4n) is 2.28. The Morgan fingerprint density at radius 2 is 1.62 bits per heavy atom. The second-order valence-corrected chi connectivity index (χ2v) is 8.02. The normalized spacial score (nSPS) is 12.6. The summed E-state index contributed by atoms with van der Waals surface area (Å²) >= 11 is 0. The number of nitrogens with zero attached hydrogens (tertiary/aromatic N) is 1. The van der Waals surface area contributed by atoms with Gasteiger partial charge >= 0.3 is 5.97 Å². The van der Waals surface area contributed by atoms with Crippen LogP contribution in [0.2, 0.25) is 0 Å². The van der Waals surface area contributed by atoms with Crippen LogP contribution in [0.15, 0.2) is 59.5 Å². The molecule has 0 aliphatic rings. The maximum absolute atomic E-state index is 12.3. The summed E-state index contributed by atoms with van der Waals surface area (Å²) in [7, 11) is -0.762. The van der Waals surface area contributed by atoms with Gasteiger partial charge in [-0.3, -0.25) is 4.79 Å². The predicted molar refractivity (Wildman–Crippen MR) is 96.4 cm³/mol. The number of nitrogens with one attached hydrogen (secondary N) is 1. The van der Waals surface area contributed by atoms with Crippen LogP contribution in [0.5, 0.6) is 0 Å². The number of amides is 1. The Labute approximate surface area is 152 Å². The standard InChI is InChI=1S/C18H20N2O5S/c1-20(2)26(24,25)15-10-8-14(9-11-15)17(21)19-16(18(22)23)12-13-6-4-3-5-7-13/h3-11,16H,12H2,1-2H3,(H,19,21)(H,22,23). The lowest BCUT2D eigenvalue weighted by molar-refractivity contribution is -0.139. The van der Waals surface area contributed by atoms with E-state index in [1.807, 2.05) is 6.07 Å². The molecule has 2 N–H and O–H groups in total. The maximum atomic E-state index is 12.3. The number of carboxylic acids is 1. The molecule has 2 aromatic carbocycles. The van der Waals surface area contributed by atoms with E-state index in [4.69, 9.17) is 0 Å². The molecule has 0 spiro atoms. The topological polar surface area (TPSA) is 104 Å². The van der Waals surface area contributed by atoms with E-state index in [2.05, 4.69) is 5.32 Å². The van der Waals surface area contributed by atoms with Gasteiger partial charge in [0.05, 0.1) is 4.90 Å². The van der Waals surface area contributed by atoms with Crippen molar-refractivity contribution in [3.63, 3.8) is 0 Å². The summed E-state index contributed by atoms with van der Waals surface area (Å²) in [5.74, 6) is -1.73. The van der Waals surface area contributed by atoms with Gasteiger partial charge in [-0.15, -0.1) is 0 Å². The third-order valence-corrected chi connectivity index (χ3v) is 5.61. The van der Waals surface area contributed by atoms with E-state index in [0.717, 1.165) is 9.87 Å². The van der Waals surface area contributed by atoms with E-state index in [1.54, 1.807) is 24.3 Å². The zero-order valence-electron chi connectivity index (χ0n) is 14.4. The zero-order chi connectivity index (χ0) is 19.3. The molecule has 0 saturated heterocycles. The fraction of sp³-hybridized carbons (Fsp3) is 0.222. The van der Waals surface area contributed by atoms with E-state index >= 15 is 0 Å². The molecule has 0 aliphatic carbocycles. The lowest BCUT2D eigenvalue weighted by Gasteiger charge is -2.15. The number of hydrogen-bond donors (Lipinski definition) is 2. The Bertz CT molecular complexity index is 878. The van der Waals surface area contributed by atoms with Gasteiger partial charge in [0.1, 0.15) is 6.04 Å². The number of carbonyl (C=O) groups excluding carboxylic acids is 1. The highest BCUT2D eigenvalue weighted by Crippen LogP contribution is 2.14. The smallest absolute Gasteiger partial charge is 0.326 e. The first-order chi connectivity index (χ1) is 12.2. The number of benzene rings is 2. The summed E-state index contributed by atoms with van der Waals surface area (Å²) in [5.41, 5.74) is 0.967. The molecule has 0 bridgehead atoms. The van der Waals surface area contributed by atoms with Crippen molar-refractivity contribution in [1.29, 1.82) is 0 Å². The molecule has 138 valence electrons. The molecule has 0 aromatic heterocycles. The Kier molecular flexibility index (Phi) is 6.12. The number of rotatable bonds is 7. The Morgan fingerprint density at radius 1 is 1.04 bits per heavy atom. The van der Waals surface area contributed by atoms with Crippen LogP contribution in [0.25, 0.3) is 0 Å². The van der Waals surface area contributed by atoms with Gasteiger partial charge in [0, 0.05) is 26.1 Å². The zero-order valence-corrected chi connectivity index (χ0v) is 15.2. The van der Waals surface area contributed by atoms with Crippen molar-refractivity contribution in [2.45, 2.75) is 17.4 Å². The highest BCUT2D eigenvalue weighted by molar-refractivity contribution is 7.89. The number of aliphatic carboxylic acids is 1. The van der Waals surface area contributed by atoms with Crippen molar-refractivity contribution in [2.24, 2.45) is 0 Å². The van der Waals surface area contributed by atoms with Crippen molar-refractivity contribution < 1.29 is 23.1 Å². The summed E-state index contributed by atoms with van der Waals surface area (Å²) in [6.45, 7) is 0. The predicted octanol–water partition coefficient (Wildman–Crippen LogP) is 1.36. The summed E-state index contributed by atoms with van der Waals surface area (Å²) in [5, 5.41) is 11.8. The van der Waals surface area contributed by atoms with Gasteiger partial charge in [0.15, 0.2) is 0 Å². The van der Waals surface area contributed by atoms with Crippen molar-refractivity contribution in [3.05, 3.63) is 65.7 Å². The van der Waals surface area contributed by atoms with Gasteiger partial charge < -0.3 is 10.4 Å². The molecule has 1 unspecified atom stereocenters. The summed E-state index contributed by atoms with van der Waals surface area (Å²) in [4.78, 5) is 23.8. The van der Waals surface area contributed by atoms with Crippen molar-refractivity contribution in [2.75, 3.05) is 14.1 Å². The number of carbonyl (C=O) groups is 2. The van der Waals surface area contributed by atoms with Gasteiger partial charge in [-0.25, -0.2) is 17.5 Å². The van der Waals surface area contributed by atoms with E-state index in [-0.39, 0.29) is 16.9 Å². The average molecular weight is 376 g/mol. The van der Waals surface area contributed by atoms with Crippen LogP contribution < -0.4 is 5.32 Å². The van der Waals surface area contributed by atoms with E-state index < -0.39 is 27.9 Å². The molecular formula is C18H20N2O5S. The van der Waals surface area contributed by atoms with E-state index in [0.29, 0.717) is 0 Å². The minimum Gasteiger partial charge on any atom is -0.480 e. The molecule has 2 aromatic rings. The summed E-state index contributed by atoms with van der Waals surface area (Å²) in [6.07, 6.45) is 0.148. The third-order valence-electron chi connectivity index (χ3n) is 3.78. The first-order valence-electron chi connectivity index (χ1n) is 7.82. The molecule has 0 heterocycles. The largest absolute Gasteiger partial charge is 0.480 e. The van der Waals surface area contributed by atoms with Crippen LogP contribution in [0.4, 0.5) is 0 Å². The molecule has 0 saturated carbocycles. The number of carboxylic acid groups (broad SMARTS) is 1. The quantitative estimate of drug-likeness (QED) is 0.759. The highest BCUT2D eigenvalue weighted by atomic mass is 32.2. The third kappa shape index (κ3) is 4.68. The molecule has 0 fully saturated rings. The van der Waals surface area contributed by atoms with Gasteiger partial charge in [-0.05, 0) is 29.8 Å². The van der Waals surface area contributed by atoms with Gasteiger partial charge in [-0.2, -0.15) is 0 Å². The van der Waals surface area contributed by atoms with Gasteiger partial charge in [0.2, 0.25) is 10.0 Å². The molecule has 1 atom stereocenters. The van der Waals surface area contributed by atoms with Crippen molar-refractivity contribution in [1.82, 2.24) is 9.62 Å². The Morgan fingerprint density at radius 3 is 2.12 bits per heavy atom. The van der Waals surface area contributed by atoms with Crippen molar-refractivity contribution in [3.8, 4) is 0 Å². The number of sulfonamides is 1.